The van der Waals surface area contributed by atoms with E-state index in [2.05, 4.69) is 5.32 Å². The molecule has 0 spiro atoms. The van der Waals surface area contributed by atoms with Crippen molar-refractivity contribution in [2.45, 2.75) is 18.5 Å². The summed E-state index contributed by atoms with van der Waals surface area (Å²) in [5.74, 6) is 0.283. The maximum absolute atomic E-state index is 12.4. The molecule has 1 aromatic carbocycles. The van der Waals surface area contributed by atoms with Crippen molar-refractivity contribution >= 4 is 15.7 Å². The Morgan fingerprint density at radius 2 is 1.92 bits per heavy atom. The van der Waals surface area contributed by atoms with Gasteiger partial charge in [0.05, 0.1) is 24.1 Å². The second kappa shape index (κ2) is 8.09. The number of nitrogens with one attached hydrogen (secondary N) is 1. The van der Waals surface area contributed by atoms with Gasteiger partial charge < -0.3 is 10.2 Å². The standard InChI is InChI=1S/C17H27N3O3S/c1-19(2)11-16(14-7-5-4-6-8-14)18-17(21)12-20(3)15-9-10-24(22,23)13-15/h4-8,15-16H,9-13H2,1-3H3,(H,18,21). The maximum Gasteiger partial charge on any atom is 0.234 e. The topological polar surface area (TPSA) is 69.7 Å². The number of sulfone groups is 1. The SMILES string of the molecule is CN(C)CC(NC(=O)CN(C)C1CCS(=O)(=O)C1)c1ccccc1. The molecule has 0 aliphatic carbocycles. The van der Waals surface area contributed by atoms with Crippen LogP contribution in [0.4, 0.5) is 0 Å². The molecule has 134 valence electrons. The zero-order valence-electron chi connectivity index (χ0n) is 14.6. The van der Waals surface area contributed by atoms with Crippen LogP contribution in [0.15, 0.2) is 30.3 Å². The Labute approximate surface area is 144 Å². The second-order valence-corrected chi connectivity index (χ2v) is 8.99. The van der Waals surface area contributed by atoms with Crippen LogP contribution in [0.3, 0.4) is 0 Å². The molecule has 1 fully saturated rings. The van der Waals surface area contributed by atoms with E-state index in [0.717, 1.165) is 5.56 Å². The Morgan fingerprint density at radius 1 is 1.25 bits per heavy atom. The van der Waals surface area contributed by atoms with E-state index in [1.54, 1.807) is 0 Å². The van der Waals surface area contributed by atoms with E-state index in [-0.39, 0.29) is 36.0 Å². The van der Waals surface area contributed by atoms with Gasteiger partial charge in [-0.1, -0.05) is 30.3 Å². The van der Waals surface area contributed by atoms with Gasteiger partial charge >= 0.3 is 0 Å². The van der Waals surface area contributed by atoms with Gasteiger partial charge in [0.25, 0.3) is 0 Å². The summed E-state index contributed by atoms with van der Waals surface area (Å²) in [6.07, 6.45) is 0.603. The van der Waals surface area contributed by atoms with Crippen LogP contribution in [0.1, 0.15) is 18.0 Å². The molecule has 1 saturated heterocycles. The van der Waals surface area contributed by atoms with E-state index < -0.39 is 9.84 Å². The van der Waals surface area contributed by atoms with Crippen LogP contribution in [0.25, 0.3) is 0 Å². The normalized spacial score (nSPS) is 21.1. The molecule has 0 bridgehead atoms. The molecule has 1 aliphatic rings. The zero-order chi connectivity index (χ0) is 17.7. The van der Waals surface area contributed by atoms with Crippen molar-refractivity contribution < 1.29 is 13.2 Å². The van der Waals surface area contributed by atoms with Crippen LogP contribution in [0.2, 0.25) is 0 Å². The van der Waals surface area contributed by atoms with Crippen LogP contribution in [0, 0.1) is 0 Å². The second-order valence-electron chi connectivity index (χ2n) is 6.77. The number of carbonyl (C=O) groups excluding carboxylic acids is 1. The average Bonchev–Trinajstić information content (AvgIpc) is 2.87. The van der Waals surface area contributed by atoms with Gasteiger partial charge in [0.2, 0.25) is 5.91 Å². The highest BCUT2D eigenvalue weighted by atomic mass is 32.2. The number of likely N-dealkylation sites (N-methyl/N-ethyl adjacent to an activating group) is 2. The van der Waals surface area contributed by atoms with Crippen molar-refractivity contribution in [3.63, 3.8) is 0 Å². The molecule has 24 heavy (non-hydrogen) atoms. The largest absolute Gasteiger partial charge is 0.347 e. The predicted octanol–water partition coefficient (Wildman–Crippen LogP) is 0.524. The first-order valence-electron chi connectivity index (χ1n) is 8.16. The summed E-state index contributed by atoms with van der Waals surface area (Å²) < 4.78 is 23.2. The summed E-state index contributed by atoms with van der Waals surface area (Å²) in [4.78, 5) is 16.3. The number of hydrogen-bond donors (Lipinski definition) is 1. The Kier molecular flexibility index (Phi) is 6.37. The molecule has 0 radical (unpaired) electrons. The first kappa shape index (κ1) is 18.9. The van der Waals surface area contributed by atoms with E-state index in [4.69, 9.17) is 0 Å². The molecule has 6 nitrogen and oxygen atoms in total. The fourth-order valence-corrected chi connectivity index (χ4v) is 4.81. The van der Waals surface area contributed by atoms with E-state index in [9.17, 15) is 13.2 Å². The molecule has 1 amide bonds. The molecule has 2 atom stereocenters. The van der Waals surface area contributed by atoms with Crippen molar-refractivity contribution in [3.05, 3.63) is 35.9 Å². The zero-order valence-corrected chi connectivity index (χ0v) is 15.4. The van der Waals surface area contributed by atoms with Crippen molar-refractivity contribution in [1.82, 2.24) is 15.1 Å². The predicted molar refractivity (Wildman–Crippen MR) is 95.6 cm³/mol. The van der Waals surface area contributed by atoms with Gasteiger partial charge in [-0.15, -0.1) is 0 Å². The lowest BCUT2D eigenvalue weighted by molar-refractivity contribution is -0.123. The third kappa shape index (κ3) is 5.58. The van der Waals surface area contributed by atoms with E-state index in [1.165, 1.54) is 0 Å². The van der Waals surface area contributed by atoms with Crippen molar-refractivity contribution in [2.75, 3.05) is 45.7 Å². The smallest absolute Gasteiger partial charge is 0.234 e. The van der Waals surface area contributed by atoms with Crippen molar-refractivity contribution in [1.29, 1.82) is 0 Å². The van der Waals surface area contributed by atoms with Gasteiger partial charge in [-0.05, 0) is 33.1 Å². The van der Waals surface area contributed by atoms with Crippen LogP contribution < -0.4 is 5.32 Å². The summed E-state index contributed by atoms with van der Waals surface area (Å²) in [6.45, 7) is 0.911. The van der Waals surface area contributed by atoms with Gasteiger partial charge in [0.1, 0.15) is 0 Å². The highest BCUT2D eigenvalue weighted by molar-refractivity contribution is 7.91. The summed E-state index contributed by atoms with van der Waals surface area (Å²) in [5.41, 5.74) is 1.06. The third-order valence-corrected chi connectivity index (χ3v) is 6.06. The number of nitrogens with zero attached hydrogens (tertiary/aromatic N) is 2. The number of rotatable bonds is 7. The molecule has 1 heterocycles. The number of carbonyl (C=O) groups is 1. The lowest BCUT2D eigenvalue weighted by Crippen LogP contribution is -2.43. The van der Waals surface area contributed by atoms with E-state index in [0.29, 0.717) is 13.0 Å². The summed E-state index contributed by atoms with van der Waals surface area (Å²) >= 11 is 0. The van der Waals surface area contributed by atoms with Gasteiger partial charge in [-0.25, -0.2) is 8.42 Å². The first-order valence-corrected chi connectivity index (χ1v) is 9.98. The monoisotopic (exact) mass is 353 g/mol. The van der Waals surface area contributed by atoms with E-state index >= 15 is 0 Å². The van der Waals surface area contributed by atoms with Gasteiger partial charge in [-0.3, -0.25) is 9.69 Å². The fourth-order valence-electron chi connectivity index (χ4n) is 3.00. The fraction of sp³-hybridized carbons (Fsp3) is 0.588. The van der Waals surface area contributed by atoms with Gasteiger partial charge in [0, 0.05) is 12.6 Å². The lowest BCUT2D eigenvalue weighted by Gasteiger charge is -2.26. The molecule has 1 N–H and O–H groups in total. The van der Waals surface area contributed by atoms with Gasteiger partial charge in [0.15, 0.2) is 9.84 Å². The Morgan fingerprint density at radius 3 is 2.46 bits per heavy atom. The average molecular weight is 353 g/mol. The molecule has 0 saturated carbocycles. The summed E-state index contributed by atoms with van der Waals surface area (Å²) in [5, 5.41) is 3.07. The van der Waals surface area contributed by atoms with Crippen molar-refractivity contribution in [3.8, 4) is 0 Å². The molecule has 2 unspecified atom stereocenters. The third-order valence-electron chi connectivity index (χ3n) is 4.31. The summed E-state index contributed by atoms with van der Waals surface area (Å²) in [6, 6.07) is 9.72. The quantitative estimate of drug-likeness (QED) is 0.774. The van der Waals surface area contributed by atoms with Gasteiger partial charge in [-0.2, -0.15) is 0 Å². The van der Waals surface area contributed by atoms with E-state index in [1.807, 2.05) is 61.3 Å². The lowest BCUT2D eigenvalue weighted by atomic mass is 10.1. The van der Waals surface area contributed by atoms with Crippen LogP contribution in [-0.2, 0) is 14.6 Å². The Bertz CT molecular complexity index is 646. The minimum absolute atomic E-state index is 0.0650. The molecule has 1 aliphatic heterocycles. The highest BCUT2D eigenvalue weighted by Crippen LogP contribution is 2.17. The molecule has 1 aromatic rings. The Hall–Kier alpha value is -1.44. The maximum atomic E-state index is 12.4. The number of benzene rings is 1. The highest BCUT2D eigenvalue weighted by Gasteiger charge is 2.31. The first-order chi connectivity index (χ1) is 11.3. The van der Waals surface area contributed by atoms with Crippen molar-refractivity contribution in [2.24, 2.45) is 0 Å². The molecular formula is C17H27N3O3S. The number of amides is 1. The molecular weight excluding hydrogens is 326 g/mol. The van der Waals surface area contributed by atoms with Crippen LogP contribution in [-0.4, -0.2) is 75.9 Å². The Balaban J connectivity index is 1.95. The molecule has 0 aromatic heterocycles. The van der Waals surface area contributed by atoms with Crippen LogP contribution in [0.5, 0.6) is 0 Å². The summed E-state index contributed by atoms with van der Waals surface area (Å²) in [7, 11) is 2.82. The molecule has 2 rings (SSSR count). The minimum atomic E-state index is -2.94. The minimum Gasteiger partial charge on any atom is -0.347 e. The molecule has 7 heteroatoms. The number of hydrogen-bond acceptors (Lipinski definition) is 5. The van der Waals surface area contributed by atoms with Crippen LogP contribution >= 0.6 is 0 Å².